The highest BCUT2D eigenvalue weighted by molar-refractivity contribution is 7.98. The third kappa shape index (κ3) is 2.97. The highest BCUT2D eigenvalue weighted by Crippen LogP contribution is 2.24. The zero-order chi connectivity index (χ0) is 17.1. The SMILES string of the molecule is CCc1nc2c(OC)cccn2c1C(=O)Nc1cccc(SC)c1. The molecular formula is C18H19N3O2S. The summed E-state index contributed by atoms with van der Waals surface area (Å²) in [4.78, 5) is 18.5. The first kappa shape index (κ1) is 16.4. The minimum absolute atomic E-state index is 0.175. The Bertz CT molecular complexity index is 889. The van der Waals surface area contributed by atoms with E-state index >= 15 is 0 Å². The standard InChI is InChI=1S/C18H19N3O2S/c1-4-14-16(21-10-6-9-15(23-2)17(21)20-14)18(22)19-12-7-5-8-13(11-12)24-3/h5-11H,4H2,1-3H3,(H,19,22). The molecule has 124 valence electrons. The first-order chi connectivity index (χ1) is 11.7. The molecule has 5 nitrogen and oxygen atoms in total. The molecule has 1 N–H and O–H groups in total. The Morgan fingerprint density at radius 2 is 2.17 bits per heavy atom. The molecule has 1 amide bonds. The number of aromatic nitrogens is 2. The summed E-state index contributed by atoms with van der Waals surface area (Å²) in [7, 11) is 1.60. The highest BCUT2D eigenvalue weighted by atomic mass is 32.2. The van der Waals surface area contributed by atoms with E-state index in [-0.39, 0.29) is 5.91 Å². The molecular weight excluding hydrogens is 322 g/mol. The largest absolute Gasteiger partial charge is 0.493 e. The molecule has 0 saturated carbocycles. The maximum absolute atomic E-state index is 12.8. The van der Waals surface area contributed by atoms with Crippen LogP contribution in [0.1, 0.15) is 23.1 Å². The number of aryl methyl sites for hydroxylation is 1. The minimum atomic E-state index is -0.175. The van der Waals surface area contributed by atoms with Gasteiger partial charge in [-0.1, -0.05) is 13.0 Å². The van der Waals surface area contributed by atoms with Crippen LogP contribution < -0.4 is 10.1 Å². The minimum Gasteiger partial charge on any atom is -0.493 e. The fourth-order valence-electron chi connectivity index (χ4n) is 2.63. The molecule has 0 unspecified atom stereocenters. The third-order valence-corrected chi connectivity index (χ3v) is 4.51. The number of thioether (sulfide) groups is 1. The molecule has 0 bridgehead atoms. The molecule has 3 aromatic rings. The average Bonchev–Trinajstić information content (AvgIpc) is 3.00. The summed E-state index contributed by atoms with van der Waals surface area (Å²) in [5.74, 6) is 0.474. The van der Waals surface area contributed by atoms with Crippen molar-refractivity contribution in [3.8, 4) is 5.75 Å². The van der Waals surface area contributed by atoms with Crippen LogP contribution in [0.3, 0.4) is 0 Å². The third-order valence-electron chi connectivity index (χ3n) is 3.78. The van der Waals surface area contributed by atoms with Gasteiger partial charge in [-0.3, -0.25) is 9.20 Å². The normalized spacial score (nSPS) is 10.8. The molecule has 0 atom stereocenters. The second-order valence-electron chi connectivity index (χ2n) is 5.22. The van der Waals surface area contributed by atoms with Crippen LogP contribution in [0, 0.1) is 0 Å². The van der Waals surface area contributed by atoms with E-state index in [2.05, 4.69) is 10.3 Å². The van der Waals surface area contributed by atoms with Crippen molar-refractivity contribution in [2.24, 2.45) is 0 Å². The van der Waals surface area contributed by atoms with Gasteiger partial charge >= 0.3 is 0 Å². The van der Waals surface area contributed by atoms with Gasteiger partial charge in [-0.15, -0.1) is 11.8 Å². The number of carbonyl (C=O) groups excluding carboxylic acids is 1. The predicted molar refractivity (Wildman–Crippen MR) is 97.3 cm³/mol. The summed E-state index contributed by atoms with van der Waals surface area (Å²) >= 11 is 1.64. The van der Waals surface area contributed by atoms with Crippen LogP contribution in [-0.4, -0.2) is 28.7 Å². The molecule has 0 spiro atoms. The summed E-state index contributed by atoms with van der Waals surface area (Å²) < 4.78 is 7.13. The van der Waals surface area contributed by atoms with E-state index in [0.717, 1.165) is 16.3 Å². The summed E-state index contributed by atoms with van der Waals surface area (Å²) in [5, 5.41) is 2.97. The summed E-state index contributed by atoms with van der Waals surface area (Å²) in [6.45, 7) is 1.99. The summed E-state index contributed by atoms with van der Waals surface area (Å²) in [5.41, 5.74) is 2.71. The quantitative estimate of drug-likeness (QED) is 0.716. The second-order valence-corrected chi connectivity index (χ2v) is 6.10. The molecule has 2 aromatic heterocycles. The number of nitrogens with one attached hydrogen (secondary N) is 1. The van der Waals surface area contributed by atoms with E-state index in [4.69, 9.17) is 4.74 Å². The fraction of sp³-hybridized carbons (Fsp3) is 0.222. The van der Waals surface area contributed by atoms with Gasteiger partial charge in [-0.2, -0.15) is 0 Å². The Morgan fingerprint density at radius 3 is 2.88 bits per heavy atom. The van der Waals surface area contributed by atoms with Gasteiger partial charge in [0.25, 0.3) is 5.91 Å². The Hall–Kier alpha value is -2.47. The number of amides is 1. The lowest BCUT2D eigenvalue weighted by Gasteiger charge is -2.08. The number of rotatable bonds is 5. The molecule has 6 heteroatoms. The number of methoxy groups -OCH3 is 1. The number of ether oxygens (including phenoxy) is 1. The molecule has 0 aliphatic carbocycles. The second kappa shape index (κ2) is 6.97. The molecule has 3 rings (SSSR count). The number of anilines is 1. The zero-order valence-electron chi connectivity index (χ0n) is 13.9. The smallest absolute Gasteiger partial charge is 0.274 e. The first-order valence-corrected chi connectivity index (χ1v) is 8.89. The van der Waals surface area contributed by atoms with E-state index in [0.29, 0.717) is 23.5 Å². The number of hydrogen-bond donors (Lipinski definition) is 1. The van der Waals surface area contributed by atoms with Gasteiger partial charge < -0.3 is 10.1 Å². The van der Waals surface area contributed by atoms with Gasteiger partial charge in [0.2, 0.25) is 0 Å². The van der Waals surface area contributed by atoms with Crippen molar-refractivity contribution in [2.45, 2.75) is 18.2 Å². The van der Waals surface area contributed by atoms with Crippen LogP contribution >= 0.6 is 11.8 Å². The first-order valence-electron chi connectivity index (χ1n) is 7.67. The van der Waals surface area contributed by atoms with Crippen molar-refractivity contribution in [3.63, 3.8) is 0 Å². The van der Waals surface area contributed by atoms with Crippen LogP contribution in [0.25, 0.3) is 5.65 Å². The number of carbonyl (C=O) groups is 1. The van der Waals surface area contributed by atoms with Gasteiger partial charge in [-0.25, -0.2) is 4.98 Å². The van der Waals surface area contributed by atoms with Crippen LogP contribution in [0.4, 0.5) is 5.69 Å². The van der Waals surface area contributed by atoms with E-state index in [1.165, 1.54) is 0 Å². The maximum Gasteiger partial charge on any atom is 0.274 e. The van der Waals surface area contributed by atoms with Crippen LogP contribution in [0.15, 0.2) is 47.5 Å². The number of pyridine rings is 1. The number of nitrogens with zero attached hydrogens (tertiary/aromatic N) is 2. The Labute approximate surface area is 145 Å². The molecule has 0 fully saturated rings. The van der Waals surface area contributed by atoms with Crippen molar-refractivity contribution in [1.29, 1.82) is 0 Å². The Morgan fingerprint density at radius 1 is 1.33 bits per heavy atom. The van der Waals surface area contributed by atoms with E-state index < -0.39 is 0 Å². The molecule has 2 heterocycles. The van der Waals surface area contributed by atoms with Gasteiger partial charge in [-0.05, 0) is 43.0 Å². The number of fused-ring (bicyclic) bond motifs is 1. The molecule has 24 heavy (non-hydrogen) atoms. The van der Waals surface area contributed by atoms with E-state index in [1.54, 1.807) is 23.3 Å². The van der Waals surface area contributed by atoms with Crippen LogP contribution in [-0.2, 0) is 6.42 Å². The molecule has 0 saturated heterocycles. The van der Waals surface area contributed by atoms with Crippen molar-refractivity contribution >= 4 is 29.0 Å². The van der Waals surface area contributed by atoms with Crippen LogP contribution in [0.2, 0.25) is 0 Å². The maximum atomic E-state index is 12.8. The molecule has 0 aliphatic rings. The topological polar surface area (TPSA) is 55.6 Å². The Balaban J connectivity index is 2.02. The molecule has 1 aromatic carbocycles. The number of imidazole rings is 1. The Kier molecular flexibility index (Phi) is 4.76. The fourth-order valence-corrected chi connectivity index (χ4v) is 3.09. The predicted octanol–water partition coefficient (Wildman–Crippen LogP) is 3.88. The average molecular weight is 341 g/mol. The summed E-state index contributed by atoms with van der Waals surface area (Å²) in [6.07, 6.45) is 4.50. The van der Waals surface area contributed by atoms with Gasteiger partial charge in [0.05, 0.1) is 12.8 Å². The lowest BCUT2D eigenvalue weighted by Crippen LogP contribution is -2.16. The van der Waals surface area contributed by atoms with Gasteiger partial charge in [0.1, 0.15) is 5.69 Å². The van der Waals surface area contributed by atoms with Crippen LogP contribution in [0.5, 0.6) is 5.75 Å². The highest BCUT2D eigenvalue weighted by Gasteiger charge is 2.20. The zero-order valence-corrected chi connectivity index (χ0v) is 14.7. The number of hydrogen-bond acceptors (Lipinski definition) is 4. The van der Waals surface area contributed by atoms with Gasteiger partial charge in [0.15, 0.2) is 11.4 Å². The van der Waals surface area contributed by atoms with Crippen molar-refractivity contribution in [3.05, 3.63) is 54.0 Å². The van der Waals surface area contributed by atoms with Crippen molar-refractivity contribution in [1.82, 2.24) is 9.38 Å². The lowest BCUT2D eigenvalue weighted by molar-refractivity contribution is 0.102. The molecule has 0 radical (unpaired) electrons. The number of benzene rings is 1. The van der Waals surface area contributed by atoms with Crippen molar-refractivity contribution < 1.29 is 9.53 Å². The van der Waals surface area contributed by atoms with E-state index in [1.807, 2.05) is 55.8 Å². The lowest BCUT2D eigenvalue weighted by atomic mass is 10.2. The monoisotopic (exact) mass is 341 g/mol. The summed E-state index contributed by atoms with van der Waals surface area (Å²) in [6, 6.07) is 11.5. The van der Waals surface area contributed by atoms with Gasteiger partial charge in [0, 0.05) is 16.8 Å². The molecule has 0 aliphatic heterocycles. The van der Waals surface area contributed by atoms with E-state index in [9.17, 15) is 4.79 Å². The van der Waals surface area contributed by atoms with Crippen molar-refractivity contribution in [2.75, 3.05) is 18.7 Å².